The Morgan fingerprint density at radius 2 is 1.71 bits per heavy atom. The van der Waals surface area contributed by atoms with Gasteiger partial charge in [0.25, 0.3) is 0 Å². The molecule has 1 atom stereocenters. The normalized spacial score (nSPS) is 11.9. The van der Waals surface area contributed by atoms with Gasteiger partial charge in [0, 0.05) is 11.3 Å². The average molecular weight is 395 g/mol. The lowest BCUT2D eigenvalue weighted by molar-refractivity contribution is -0.115. The number of para-hydroxylation sites is 1. The summed E-state index contributed by atoms with van der Waals surface area (Å²) >= 11 is 1.35. The van der Waals surface area contributed by atoms with Gasteiger partial charge >= 0.3 is 0 Å². The predicted octanol–water partition coefficient (Wildman–Crippen LogP) is 4.21. The van der Waals surface area contributed by atoms with Gasteiger partial charge in [0.05, 0.1) is 10.9 Å². The fourth-order valence-corrected chi connectivity index (χ4v) is 3.66. The molecule has 2 aromatic carbocycles. The van der Waals surface area contributed by atoms with Crippen LogP contribution in [-0.4, -0.2) is 31.7 Å². The SMILES string of the molecule is CC(=O)c1ccc(NC(=O)C(C)Sc2nnc(C)n2-c2ccccc2C)cc1. The quantitative estimate of drug-likeness (QED) is 0.501. The Morgan fingerprint density at radius 1 is 1.04 bits per heavy atom. The summed E-state index contributed by atoms with van der Waals surface area (Å²) < 4.78 is 1.96. The van der Waals surface area contributed by atoms with Gasteiger partial charge in [-0.25, -0.2) is 0 Å². The lowest BCUT2D eigenvalue weighted by Gasteiger charge is -2.14. The van der Waals surface area contributed by atoms with Crippen molar-refractivity contribution in [2.75, 3.05) is 5.32 Å². The smallest absolute Gasteiger partial charge is 0.237 e. The molecule has 1 heterocycles. The van der Waals surface area contributed by atoms with E-state index in [0.717, 1.165) is 17.1 Å². The minimum atomic E-state index is -0.376. The molecule has 1 amide bonds. The maximum Gasteiger partial charge on any atom is 0.237 e. The first-order valence-corrected chi connectivity index (χ1v) is 9.81. The van der Waals surface area contributed by atoms with Crippen molar-refractivity contribution < 1.29 is 9.59 Å². The average Bonchev–Trinajstić information content (AvgIpc) is 3.02. The minimum absolute atomic E-state index is 0.00675. The molecule has 0 fully saturated rings. The number of rotatable bonds is 6. The van der Waals surface area contributed by atoms with Crippen molar-refractivity contribution >= 4 is 29.1 Å². The molecule has 28 heavy (non-hydrogen) atoms. The zero-order valence-electron chi connectivity index (χ0n) is 16.3. The third kappa shape index (κ3) is 4.31. The highest BCUT2D eigenvalue weighted by atomic mass is 32.2. The number of hydrogen-bond donors (Lipinski definition) is 1. The van der Waals surface area contributed by atoms with E-state index in [4.69, 9.17) is 0 Å². The molecule has 3 rings (SSSR count). The van der Waals surface area contributed by atoms with Crippen molar-refractivity contribution in [1.29, 1.82) is 0 Å². The second kappa shape index (κ2) is 8.39. The maximum absolute atomic E-state index is 12.6. The lowest BCUT2D eigenvalue weighted by Crippen LogP contribution is -2.23. The Labute approximate surface area is 168 Å². The van der Waals surface area contributed by atoms with E-state index >= 15 is 0 Å². The van der Waals surface area contributed by atoms with Crippen molar-refractivity contribution in [1.82, 2.24) is 14.8 Å². The maximum atomic E-state index is 12.6. The van der Waals surface area contributed by atoms with E-state index in [0.29, 0.717) is 16.4 Å². The van der Waals surface area contributed by atoms with Gasteiger partial charge in [-0.1, -0.05) is 30.0 Å². The Bertz CT molecular complexity index is 1010. The number of aromatic nitrogens is 3. The van der Waals surface area contributed by atoms with Crippen molar-refractivity contribution in [2.24, 2.45) is 0 Å². The van der Waals surface area contributed by atoms with E-state index in [-0.39, 0.29) is 16.9 Å². The van der Waals surface area contributed by atoms with Crippen LogP contribution in [0.1, 0.15) is 35.6 Å². The van der Waals surface area contributed by atoms with Gasteiger partial charge < -0.3 is 5.32 Å². The molecule has 0 bridgehead atoms. The molecule has 7 heteroatoms. The summed E-state index contributed by atoms with van der Waals surface area (Å²) in [4.78, 5) is 24.0. The van der Waals surface area contributed by atoms with Crippen molar-refractivity contribution in [3.8, 4) is 5.69 Å². The van der Waals surface area contributed by atoms with Crippen LogP contribution in [0.25, 0.3) is 5.69 Å². The summed E-state index contributed by atoms with van der Waals surface area (Å²) in [5.74, 6) is 0.620. The van der Waals surface area contributed by atoms with Crippen molar-refractivity contribution in [3.05, 3.63) is 65.5 Å². The van der Waals surface area contributed by atoms with Gasteiger partial charge in [0.1, 0.15) is 5.82 Å². The molecule has 1 aromatic heterocycles. The number of hydrogen-bond acceptors (Lipinski definition) is 5. The molecule has 1 unspecified atom stereocenters. The second-order valence-electron chi connectivity index (χ2n) is 6.53. The fraction of sp³-hybridized carbons (Fsp3) is 0.238. The molecule has 144 valence electrons. The van der Waals surface area contributed by atoms with Gasteiger partial charge in [0.2, 0.25) is 5.91 Å². The van der Waals surface area contributed by atoms with E-state index in [1.54, 1.807) is 24.3 Å². The van der Waals surface area contributed by atoms with Gasteiger partial charge in [-0.2, -0.15) is 0 Å². The number of Topliss-reactive ketones (excluding diaryl/α,β-unsaturated/α-hetero) is 1. The van der Waals surface area contributed by atoms with Crippen LogP contribution in [0, 0.1) is 13.8 Å². The third-order valence-corrected chi connectivity index (χ3v) is 5.40. The summed E-state index contributed by atoms with van der Waals surface area (Å²) in [7, 11) is 0. The van der Waals surface area contributed by atoms with Crippen LogP contribution in [0.2, 0.25) is 0 Å². The summed E-state index contributed by atoms with van der Waals surface area (Å²) in [6, 6.07) is 14.9. The molecule has 0 saturated heterocycles. The molecule has 0 saturated carbocycles. The van der Waals surface area contributed by atoms with Crippen molar-refractivity contribution in [2.45, 2.75) is 38.1 Å². The minimum Gasteiger partial charge on any atom is -0.325 e. The largest absolute Gasteiger partial charge is 0.325 e. The first-order valence-electron chi connectivity index (χ1n) is 8.93. The number of anilines is 1. The number of carbonyl (C=O) groups is 2. The lowest BCUT2D eigenvalue weighted by atomic mass is 10.1. The van der Waals surface area contributed by atoms with E-state index < -0.39 is 0 Å². The number of nitrogens with zero attached hydrogens (tertiary/aromatic N) is 3. The number of ketones is 1. The number of carbonyl (C=O) groups excluding carboxylic acids is 2. The summed E-state index contributed by atoms with van der Waals surface area (Å²) in [6.45, 7) is 7.27. The number of aryl methyl sites for hydroxylation is 2. The van der Waals surface area contributed by atoms with Gasteiger partial charge in [-0.3, -0.25) is 14.2 Å². The van der Waals surface area contributed by atoms with Crippen LogP contribution in [0.4, 0.5) is 5.69 Å². The molecule has 0 aliphatic carbocycles. The molecule has 1 N–H and O–H groups in total. The topological polar surface area (TPSA) is 76.9 Å². The number of nitrogens with one attached hydrogen (secondary N) is 1. The molecule has 0 aliphatic heterocycles. The first kappa shape index (κ1) is 19.8. The van der Waals surface area contributed by atoms with Crippen LogP contribution >= 0.6 is 11.8 Å². The summed E-state index contributed by atoms with van der Waals surface area (Å²) in [5, 5.41) is 11.6. The predicted molar refractivity (Wildman–Crippen MR) is 111 cm³/mol. The van der Waals surface area contributed by atoms with E-state index in [9.17, 15) is 9.59 Å². The zero-order chi connectivity index (χ0) is 20.3. The van der Waals surface area contributed by atoms with Gasteiger partial charge in [-0.05, 0) is 63.6 Å². The Balaban J connectivity index is 1.74. The summed E-state index contributed by atoms with van der Waals surface area (Å²) in [6.07, 6.45) is 0. The number of thioether (sulfide) groups is 1. The van der Waals surface area contributed by atoms with Crippen LogP contribution in [0.3, 0.4) is 0 Å². The highest BCUT2D eigenvalue weighted by molar-refractivity contribution is 8.00. The Kier molecular flexibility index (Phi) is 5.94. The Morgan fingerprint density at radius 3 is 2.36 bits per heavy atom. The monoisotopic (exact) mass is 394 g/mol. The molecule has 3 aromatic rings. The highest BCUT2D eigenvalue weighted by Gasteiger charge is 2.20. The van der Waals surface area contributed by atoms with Crippen LogP contribution < -0.4 is 5.32 Å². The van der Waals surface area contributed by atoms with Crippen LogP contribution in [0.15, 0.2) is 53.7 Å². The van der Waals surface area contributed by atoms with E-state index in [1.807, 2.05) is 49.6 Å². The van der Waals surface area contributed by atoms with E-state index in [2.05, 4.69) is 15.5 Å². The molecule has 0 spiro atoms. The molecule has 0 aliphatic rings. The molecule has 0 radical (unpaired) electrons. The fourth-order valence-electron chi connectivity index (χ4n) is 2.75. The summed E-state index contributed by atoms with van der Waals surface area (Å²) in [5.41, 5.74) is 3.37. The highest BCUT2D eigenvalue weighted by Crippen LogP contribution is 2.27. The van der Waals surface area contributed by atoms with Gasteiger partial charge in [0.15, 0.2) is 10.9 Å². The molecular formula is C21H22N4O2S. The van der Waals surface area contributed by atoms with Crippen LogP contribution in [-0.2, 0) is 4.79 Å². The molecule has 6 nitrogen and oxygen atoms in total. The standard InChI is InChI=1S/C21H22N4O2S/c1-13-7-5-6-8-19(13)25-16(4)23-24-21(25)28-15(3)20(27)22-18-11-9-17(10-12-18)14(2)26/h5-12,15H,1-4H3,(H,22,27). The van der Waals surface area contributed by atoms with Crippen LogP contribution in [0.5, 0.6) is 0 Å². The van der Waals surface area contributed by atoms with E-state index in [1.165, 1.54) is 18.7 Å². The first-order chi connectivity index (χ1) is 13.4. The third-order valence-electron chi connectivity index (χ3n) is 4.36. The second-order valence-corrected chi connectivity index (χ2v) is 7.84. The molecular weight excluding hydrogens is 372 g/mol. The zero-order valence-corrected chi connectivity index (χ0v) is 17.1. The Hall–Kier alpha value is -2.93. The number of amides is 1. The van der Waals surface area contributed by atoms with Crippen molar-refractivity contribution in [3.63, 3.8) is 0 Å². The van der Waals surface area contributed by atoms with Gasteiger partial charge in [-0.15, -0.1) is 10.2 Å². The number of benzene rings is 2.